The molecule has 4 rings (SSSR count). The van der Waals surface area contributed by atoms with Crippen LogP contribution in [0.3, 0.4) is 0 Å². The Hall–Kier alpha value is -3.77. The molecule has 0 fully saturated rings. The fraction of sp³-hybridized carbons (Fsp3) is 0.409. The summed E-state index contributed by atoms with van der Waals surface area (Å²) in [6.07, 6.45) is 3.48. The molecule has 0 aromatic heterocycles. The summed E-state index contributed by atoms with van der Waals surface area (Å²) in [4.78, 5) is 10.4. The minimum atomic E-state index is -0.461. The van der Waals surface area contributed by atoms with Crippen molar-refractivity contribution in [2.24, 2.45) is 21.8 Å². The van der Waals surface area contributed by atoms with Crippen LogP contribution in [0.2, 0.25) is 0 Å². The minimum Gasteiger partial charge on any atom is -1.00 e. The molecule has 0 aliphatic heterocycles. The van der Waals surface area contributed by atoms with E-state index in [-0.39, 0.29) is 51.8 Å². The first-order valence-electron chi connectivity index (χ1n) is 17.7. The predicted molar refractivity (Wildman–Crippen MR) is 208 cm³/mol. The number of hydrogen-bond acceptors (Lipinski definition) is 6. The number of hydrogen-bond donors (Lipinski definition) is 2. The molecule has 8 heteroatoms. The Bertz CT molecular complexity index is 1630. The zero-order valence-corrected chi connectivity index (χ0v) is 34.3. The van der Waals surface area contributed by atoms with Gasteiger partial charge in [0.05, 0.1) is 13.2 Å². The predicted octanol–water partition coefficient (Wildman–Crippen LogP) is 7.78. The molecule has 0 bridgehead atoms. The van der Waals surface area contributed by atoms with E-state index in [9.17, 15) is 10.2 Å². The van der Waals surface area contributed by atoms with Gasteiger partial charge in [-0.15, -0.1) is 0 Å². The summed E-state index contributed by atoms with van der Waals surface area (Å²) in [5.74, 6) is 2.47. The van der Waals surface area contributed by atoms with E-state index < -0.39 is 12.1 Å². The summed E-state index contributed by atoms with van der Waals surface area (Å²) in [5.41, 5.74) is 4.03. The molecule has 0 saturated carbocycles. The molecule has 281 valence electrons. The van der Waals surface area contributed by atoms with Gasteiger partial charge in [0.1, 0.15) is 35.1 Å². The Labute approximate surface area is 328 Å². The fourth-order valence-corrected chi connectivity index (χ4v) is 5.61. The van der Waals surface area contributed by atoms with Crippen molar-refractivity contribution < 1.29 is 49.2 Å². The number of phenolic OH excluding ortho intramolecular Hbond substituents is 2. The van der Waals surface area contributed by atoms with E-state index in [1.807, 2.05) is 84.9 Å². The standard InChI is InChI=1S/C44H56N2O4.ClH.Mn/c1-29(2)27-49-35-21-33(41(47)37(23-35)43(5,6)7)25-45-39(31-17-13-11-14-18-31)40(32-19-15-12-16-20-32)46-26-34-22-36(50-28-30(3)4)24-38(42(34)48)44(8,9)10;;/h11-26,29-30,39-40,47-48H,27-28H2,1-10H3;1H;/p-1. The van der Waals surface area contributed by atoms with Crippen LogP contribution in [0, 0.1) is 11.8 Å². The van der Waals surface area contributed by atoms with E-state index in [4.69, 9.17) is 19.5 Å². The Morgan fingerprint density at radius 2 is 0.904 bits per heavy atom. The van der Waals surface area contributed by atoms with E-state index in [0.29, 0.717) is 47.7 Å². The van der Waals surface area contributed by atoms with Gasteiger partial charge in [0.25, 0.3) is 0 Å². The molecule has 4 aromatic carbocycles. The van der Waals surface area contributed by atoms with Gasteiger partial charge in [-0.3, -0.25) is 9.98 Å². The van der Waals surface area contributed by atoms with Crippen molar-refractivity contribution in [3.8, 4) is 23.0 Å². The normalized spacial score (nSPS) is 13.2. The molecule has 0 saturated heterocycles. The first-order chi connectivity index (χ1) is 23.5. The largest absolute Gasteiger partial charge is 1.00 e. The summed E-state index contributed by atoms with van der Waals surface area (Å²) in [6, 6.07) is 26.8. The van der Waals surface area contributed by atoms with Gasteiger partial charge < -0.3 is 32.1 Å². The first kappa shape index (κ1) is 44.4. The molecule has 52 heavy (non-hydrogen) atoms. The number of rotatable bonds is 13. The zero-order valence-electron chi connectivity index (χ0n) is 32.3. The topological polar surface area (TPSA) is 83.6 Å². The second-order valence-electron chi connectivity index (χ2n) is 16.0. The molecule has 0 aliphatic carbocycles. The van der Waals surface area contributed by atoms with Crippen molar-refractivity contribution >= 4 is 12.4 Å². The average molecular weight is 767 g/mol. The molecule has 0 heterocycles. The van der Waals surface area contributed by atoms with E-state index in [2.05, 4.69) is 69.2 Å². The second-order valence-corrected chi connectivity index (χ2v) is 16.0. The van der Waals surface area contributed by atoms with Gasteiger partial charge in [0, 0.05) is 51.8 Å². The van der Waals surface area contributed by atoms with Crippen molar-refractivity contribution in [1.29, 1.82) is 0 Å². The third kappa shape index (κ3) is 12.1. The maximum atomic E-state index is 11.5. The number of phenols is 2. The van der Waals surface area contributed by atoms with E-state index >= 15 is 0 Å². The van der Waals surface area contributed by atoms with Crippen LogP contribution in [-0.4, -0.2) is 35.9 Å². The Balaban J connectivity index is 0.00000468. The molecular weight excluding hydrogens is 711 g/mol. The summed E-state index contributed by atoms with van der Waals surface area (Å²) in [5, 5.41) is 23.1. The molecule has 0 spiro atoms. The van der Waals surface area contributed by atoms with Crippen molar-refractivity contribution in [1.82, 2.24) is 0 Å². The number of aliphatic imine (C=N–C) groups is 2. The SMILES string of the molecule is CC(C)COc1cc(C=NC(c2ccccc2)C(N=Cc2cc(OCC(C)C)cc(C(C)(C)C)c2O)c2ccccc2)c(O)c(C(C)(C)C)c1.[Cl-].[Mn]. The van der Waals surface area contributed by atoms with E-state index in [1.165, 1.54) is 0 Å². The van der Waals surface area contributed by atoms with Gasteiger partial charge in [0.2, 0.25) is 0 Å². The third-order valence-corrected chi connectivity index (χ3v) is 8.34. The van der Waals surface area contributed by atoms with Crippen molar-refractivity contribution in [3.05, 3.63) is 118 Å². The number of nitrogens with zero attached hydrogens (tertiary/aromatic N) is 2. The molecule has 6 nitrogen and oxygen atoms in total. The fourth-order valence-electron chi connectivity index (χ4n) is 5.61. The molecule has 4 aromatic rings. The van der Waals surface area contributed by atoms with E-state index in [1.54, 1.807) is 12.4 Å². The van der Waals surface area contributed by atoms with Crippen molar-refractivity contribution in [2.45, 2.75) is 92.2 Å². The van der Waals surface area contributed by atoms with Gasteiger partial charge in [-0.05, 0) is 58.1 Å². The quantitative estimate of drug-likeness (QED) is 0.108. The second kappa shape index (κ2) is 19.3. The van der Waals surface area contributed by atoms with Crippen LogP contribution in [0.4, 0.5) is 0 Å². The van der Waals surface area contributed by atoms with Crippen molar-refractivity contribution in [3.63, 3.8) is 0 Å². The van der Waals surface area contributed by atoms with Crippen LogP contribution in [0.15, 0.2) is 94.9 Å². The Morgan fingerprint density at radius 3 is 1.19 bits per heavy atom. The molecule has 2 N–H and O–H groups in total. The zero-order chi connectivity index (χ0) is 36.6. The first-order valence-corrected chi connectivity index (χ1v) is 17.7. The number of aromatic hydroxyl groups is 2. The molecule has 0 aliphatic rings. The number of ether oxygens (including phenoxy) is 2. The smallest absolute Gasteiger partial charge is 0.128 e. The van der Waals surface area contributed by atoms with Crippen molar-refractivity contribution in [2.75, 3.05) is 13.2 Å². The van der Waals surface area contributed by atoms with Crippen LogP contribution in [-0.2, 0) is 27.9 Å². The number of benzene rings is 4. The van der Waals surface area contributed by atoms with Gasteiger partial charge in [-0.2, -0.15) is 0 Å². The van der Waals surface area contributed by atoms with Crippen LogP contribution < -0.4 is 21.9 Å². The van der Waals surface area contributed by atoms with Gasteiger partial charge in [0.15, 0.2) is 0 Å². The van der Waals surface area contributed by atoms with Gasteiger partial charge in [-0.25, -0.2) is 0 Å². The summed E-state index contributed by atoms with van der Waals surface area (Å²) < 4.78 is 12.3. The Kier molecular flexibility index (Phi) is 16.5. The van der Waals surface area contributed by atoms with Crippen LogP contribution in [0.1, 0.15) is 115 Å². The molecule has 2 atom stereocenters. The third-order valence-electron chi connectivity index (χ3n) is 8.34. The van der Waals surface area contributed by atoms with Crippen LogP contribution in [0.5, 0.6) is 23.0 Å². The molecule has 0 amide bonds. The van der Waals surface area contributed by atoms with Gasteiger partial charge >= 0.3 is 0 Å². The maximum absolute atomic E-state index is 11.5. The van der Waals surface area contributed by atoms with E-state index in [0.717, 1.165) is 22.3 Å². The number of halogens is 1. The molecule has 1 radical (unpaired) electrons. The summed E-state index contributed by atoms with van der Waals surface area (Å²) in [7, 11) is 0. The summed E-state index contributed by atoms with van der Waals surface area (Å²) in [6.45, 7) is 22.0. The minimum absolute atomic E-state index is 0. The monoisotopic (exact) mass is 766 g/mol. The molecular formula is C44H56ClMnN2O4-. The summed E-state index contributed by atoms with van der Waals surface area (Å²) >= 11 is 0. The van der Waals surface area contributed by atoms with Crippen LogP contribution >= 0.6 is 0 Å². The molecule has 2 unspecified atom stereocenters. The van der Waals surface area contributed by atoms with Gasteiger partial charge in [-0.1, -0.05) is 130 Å². The average Bonchev–Trinajstić information content (AvgIpc) is 3.05. The Morgan fingerprint density at radius 1 is 0.577 bits per heavy atom. The van der Waals surface area contributed by atoms with Crippen LogP contribution in [0.25, 0.3) is 0 Å². The maximum Gasteiger partial charge on any atom is 0.128 e.